The highest BCUT2D eigenvalue weighted by Crippen LogP contribution is 2.31. The molecule has 2 aromatic carbocycles. The number of anilines is 1. The molecule has 0 saturated heterocycles. The fraction of sp³-hybridized carbons (Fsp3) is 0.167. The molecule has 1 atom stereocenters. The van der Waals surface area contributed by atoms with Gasteiger partial charge in [0, 0.05) is 11.9 Å². The van der Waals surface area contributed by atoms with Crippen LogP contribution in [0.5, 0.6) is 11.5 Å². The fourth-order valence-electron chi connectivity index (χ4n) is 2.73. The molecule has 1 unspecified atom stereocenters. The van der Waals surface area contributed by atoms with E-state index in [4.69, 9.17) is 9.47 Å². The Morgan fingerprint density at radius 3 is 2.71 bits per heavy atom. The average molecular weight is 328 g/mol. The second kappa shape index (κ2) is 5.96. The van der Waals surface area contributed by atoms with E-state index in [-0.39, 0.29) is 17.0 Å². The van der Waals surface area contributed by atoms with Gasteiger partial charge in [-0.15, -0.1) is 0 Å². The first kappa shape index (κ1) is 14.7. The van der Waals surface area contributed by atoms with Crippen molar-refractivity contribution < 1.29 is 18.3 Å². The molecule has 0 fully saturated rings. The summed E-state index contributed by atoms with van der Waals surface area (Å²) in [5.74, 6) is 0.304. The van der Waals surface area contributed by atoms with Crippen LogP contribution in [-0.2, 0) is 0 Å². The van der Waals surface area contributed by atoms with Gasteiger partial charge in [0.1, 0.15) is 29.9 Å². The summed E-state index contributed by atoms with van der Waals surface area (Å²) in [6, 6.07) is 11.2. The Balaban J connectivity index is 1.55. The molecule has 0 aliphatic carbocycles. The maximum Gasteiger partial charge on any atom is 0.161 e. The summed E-state index contributed by atoms with van der Waals surface area (Å²) in [6.07, 6.45) is 1.21. The number of pyridine rings is 1. The predicted octanol–water partition coefficient (Wildman–Crippen LogP) is 3.76. The lowest BCUT2D eigenvalue weighted by molar-refractivity contribution is 0.0998. The minimum absolute atomic E-state index is 0.00570. The third-order valence-electron chi connectivity index (χ3n) is 3.88. The number of fused-ring (bicyclic) bond motifs is 2. The van der Waals surface area contributed by atoms with Crippen molar-refractivity contribution in [1.29, 1.82) is 0 Å². The molecule has 1 N–H and O–H groups in total. The number of ether oxygens (including phenoxy) is 2. The van der Waals surface area contributed by atoms with E-state index >= 15 is 0 Å². The van der Waals surface area contributed by atoms with Crippen molar-refractivity contribution in [3.8, 4) is 11.5 Å². The van der Waals surface area contributed by atoms with Crippen LogP contribution >= 0.6 is 0 Å². The van der Waals surface area contributed by atoms with Crippen molar-refractivity contribution in [3.05, 3.63) is 60.3 Å². The van der Waals surface area contributed by atoms with Gasteiger partial charge < -0.3 is 14.8 Å². The molecule has 0 amide bonds. The van der Waals surface area contributed by atoms with Crippen LogP contribution in [0.3, 0.4) is 0 Å². The molecule has 1 aromatic heterocycles. The maximum atomic E-state index is 14.1. The summed E-state index contributed by atoms with van der Waals surface area (Å²) in [5.41, 5.74) is 0.477. The van der Waals surface area contributed by atoms with Crippen molar-refractivity contribution in [3.63, 3.8) is 0 Å². The normalized spacial score (nSPS) is 16.2. The highest BCUT2D eigenvalue weighted by atomic mass is 19.1. The van der Waals surface area contributed by atoms with Gasteiger partial charge in [-0.1, -0.05) is 12.1 Å². The van der Waals surface area contributed by atoms with Gasteiger partial charge in [-0.05, 0) is 30.3 Å². The second-order valence-corrected chi connectivity index (χ2v) is 5.49. The third-order valence-corrected chi connectivity index (χ3v) is 3.88. The van der Waals surface area contributed by atoms with Gasteiger partial charge in [0.05, 0.1) is 11.9 Å². The Kier molecular flexibility index (Phi) is 3.65. The Bertz CT molecular complexity index is 901. The molecule has 0 saturated carbocycles. The molecule has 24 heavy (non-hydrogen) atoms. The van der Waals surface area contributed by atoms with Crippen molar-refractivity contribution in [2.24, 2.45) is 0 Å². The zero-order chi connectivity index (χ0) is 16.5. The lowest BCUT2D eigenvalue weighted by atomic mass is 10.1. The first-order valence-corrected chi connectivity index (χ1v) is 7.57. The standard InChI is InChI=1S/C18H14F2N2O2/c19-12-5-6-13(20)18-17(12)14(7-8-21-18)22-9-11-10-23-15-3-1-2-4-16(15)24-11/h1-8,11H,9-10H2,(H,21,22). The van der Waals surface area contributed by atoms with Crippen LogP contribution in [0.1, 0.15) is 0 Å². The summed E-state index contributed by atoms with van der Waals surface area (Å²) in [4.78, 5) is 3.92. The number of rotatable bonds is 3. The molecule has 0 radical (unpaired) electrons. The molecular weight excluding hydrogens is 314 g/mol. The number of para-hydroxylation sites is 2. The number of benzene rings is 2. The van der Waals surface area contributed by atoms with Gasteiger partial charge in [0.25, 0.3) is 0 Å². The number of nitrogens with zero attached hydrogens (tertiary/aromatic N) is 1. The Labute approximate surface area is 137 Å². The molecule has 1 aliphatic heterocycles. The van der Waals surface area contributed by atoms with E-state index in [1.54, 1.807) is 6.07 Å². The van der Waals surface area contributed by atoms with Crippen LogP contribution in [0.25, 0.3) is 10.9 Å². The minimum Gasteiger partial charge on any atom is -0.486 e. The maximum absolute atomic E-state index is 14.1. The topological polar surface area (TPSA) is 43.4 Å². The molecule has 4 nitrogen and oxygen atoms in total. The zero-order valence-corrected chi connectivity index (χ0v) is 12.6. The summed E-state index contributed by atoms with van der Waals surface area (Å²) >= 11 is 0. The predicted molar refractivity (Wildman–Crippen MR) is 86.5 cm³/mol. The number of hydrogen-bond donors (Lipinski definition) is 1. The van der Waals surface area contributed by atoms with Gasteiger partial charge in [-0.25, -0.2) is 8.78 Å². The molecule has 1 aliphatic rings. The molecule has 2 heterocycles. The smallest absolute Gasteiger partial charge is 0.161 e. The quantitative estimate of drug-likeness (QED) is 0.795. The first-order chi connectivity index (χ1) is 11.7. The summed E-state index contributed by atoms with van der Waals surface area (Å²) in [7, 11) is 0. The molecule has 122 valence electrons. The fourth-order valence-corrected chi connectivity index (χ4v) is 2.73. The molecule has 3 aromatic rings. The summed E-state index contributed by atoms with van der Waals surface area (Å²) < 4.78 is 39.4. The molecule has 0 bridgehead atoms. The Morgan fingerprint density at radius 2 is 1.83 bits per heavy atom. The molecule has 4 rings (SSSR count). The van der Waals surface area contributed by atoms with E-state index < -0.39 is 11.6 Å². The number of aromatic nitrogens is 1. The third kappa shape index (κ3) is 2.60. The Morgan fingerprint density at radius 1 is 1.04 bits per heavy atom. The van der Waals surface area contributed by atoms with Crippen LogP contribution in [0.2, 0.25) is 0 Å². The van der Waals surface area contributed by atoms with E-state index in [1.165, 1.54) is 6.20 Å². The van der Waals surface area contributed by atoms with Crippen LogP contribution in [0.15, 0.2) is 48.7 Å². The van der Waals surface area contributed by atoms with Crippen LogP contribution < -0.4 is 14.8 Å². The number of nitrogens with one attached hydrogen (secondary N) is 1. The first-order valence-electron chi connectivity index (χ1n) is 7.57. The van der Waals surface area contributed by atoms with Crippen molar-refractivity contribution >= 4 is 16.6 Å². The number of hydrogen-bond acceptors (Lipinski definition) is 4. The monoisotopic (exact) mass is 328 g/mol. The lowest BCUT2D eigenvalue weighted by Gasteiger charge is -2.27. The highest BCUT2D eigenvalue weighted by Gasteiger charge is 2.21. The van der Waals surface area contributed by atoms with E-state index in [0.29, 0.717) is 30.3 Å². The van der Waals surface area contributed by atoms with Gasteiger partial charge in [-0.2, -0.15) is 0 Å². The van der Waals surface area contributed by atoms with Gasteiger partial charge in [-0.3, -0.25) is 4.98 Å². The minimum atomic E-state index is -0.554. The lowest BCUT2D eigenvalue weighted by Crippen LogP contribution is -2.35. The SMILES string of the molecule is Fc1ccc(F)c2c(NCC3COc4ccccc4O3)ccnc12. The Hall–Kier alpha value is -2.89. The van der Waals surface area contributed by atoms with Crippen molar-refractivity contribution in [2.75, 3.05) is 18.5 Å². The zero-order valence-electron chi connectivity index (χ0n) is 12.6. The van der Waals surface area contributed by atoms with Gasteiger partial charge in [0.15, 0.2) is 11.5 Å². The summed E-state index contributed by atoms with van der Waals surface area (Å²) in [5, 5.41) is 3.24. The van der Waals surface area contributed by atoms with Gasteiger partial charge in [0.2, 0.25) is 0 Å². The van der Waals surface area contributed by atoms with Crippen molar-refractivity contribution in [1.82, 2.24) is 4.98 Å². The van der Waals surface area contributed by atoms with Crippen molar-refractivity contribution in [2.45, 2.75) is 6.10 Å². The van der Waals surface area contributed by atoms with Gasteiger partial charge >= 0.3 is 0 Å². The van der Waals surface area contributed by atoms with E-state index in [2.05, 4.69) is 10.3 Å². The van der Waals surface area contributed by atoms with Crippen LogP contribution in [-0.4, -0.2) is 24.2 Å². The highest BCUT2D eigenvalue weighted by molar-refractivity contribution is 5.91. The van der Waals surface area contributed by atoms with Crippen LogP contribution in [0, 0.1) is 11.6 Å². The second-order valence-electron chi connectivity index (χ2n) is 5.49. The largest absolute Gasteiger partial charge is 0.486 e. The molecule has 6 heteroatoms. The van der Waals surface area contributed by atoms with E-state index in [1.807, 2.05) is 24.3 Å². The number of halogens is 2. The molecular formula is C18H14F2N2O2. The summed E-state index contributed by atoms with van der Waals surface area (Å²) in [6.45, 7) is 0.771. The van der Waals surface area contributed by atoms with Crippen LogP contribution in [0.4, 0.5) is 14.5 Å². The van der Waals surface area contributed by atoms with E-state index in [0.717, 1.165) is 12.1 Å². The average Bonchev–Trinajstić information content (AvgIpc) is 2.63. The van der Waals surface area contributed by atoms with E-state index in [9.17, 15) is 8.78 Å². The molecule has 0 spiro atoms.